The van der Waals surface area contributed by atoms with Crippen LogP contribution in [0.2, 0.25) is 5.02 Å². The Morgan fingerprint density at radius 1 is 1.22 bits per heavy atom. The highest BCUT2D eigenvalue weighted by molar-refractivity contribution is 7.99. The molecular weight excluding hydrogens is 380 g/mol. The largest absolute Gasteiger partial charge is 0.307 e. The highest BCUT2D eigenvalue weighted by Crippen LogP contribution is 2.40. The first-order valence-electron chi connectivity index (χ1n) is 8.86. The Morgan fingerprint density at radius 3 is 2.81 bits per heavy atom. The lowest BCUT2D eigenvalue weighted by Gasteiger charge is -2.16. The molecule has 1 amide bonds. The molecule has 3 aromatic rings. The SMILES string of the molecule is C[C@@H](C1CC1)n1nccc1NC(=O)c1cccnc1Sc1ccccc1Cl. The van der Waals surface area contributed by atoms with Crippen molar-refractivity contribution >= 4 is 35.1 Å². The molecule has 0 saturated heterocycles. The zero-order valence-corrected chi connectivity index (χ0v) is 16.4. The highest BCUT2D eigenvalue weighted by atomic mass is 35.5. The number of halogens is 1. The molecule has 1 fully saturated rings. The van der Waals surface area contributed by atoms with Gasteiger partial charge in [-0.1, -0.05) is 35.5 Å². The van der Waals surface area contributed by atoms with Crippen molar-refractivity contribution in [2.75, 3.05) is 5.32 Å². The molecule has 1 aliphatic rings. The van der Waals surface area contributed by atoms with Gasteiger partial charge in [-0.25, -0.2) is 9.67 Å². The number of anilines is 1. The van der Waals surface area contributed by atoms with E-state index in [0.717, 1.165) is 4.90 Å². The van der Waals surface area contributed by atoms with Gasteiger partial charge in [0.1, 0.15) is 10.8 Å². The van der Waals surface area contributed by atoms with Gasteiger partial charge >= 0.3 is 0 Å². The van der Waals surface area contributed by atoms with E-state index in [-0.39, 0.29) is 11.9 Å². The quantitative estimate of drug-likeness (QED) is 0.611. The molecule has 2 heterocycles. The van der Waals surface area contributed by atoms with Gasteiger partial charge in [0.15, 0.2) is 0 Å². The molecule has 1 N–H and O–H groups in total. The predicted molar refractivity (Wildman–Crippen MR) is 107 cm³/mol. The molecule has 1 saturated carbocycles. The van der Waals surface area contributed by atoms with Gasteiger partial charge in [-0.15, -0.1) is 0 Å². The molecule has 0 unspecified atom stereocenters. The number of pyridine rings is 1. The Hall–Kier alpha value is -2.31. The normalized spacial score (nSPS) is 14.7. The number of nitrogens with one attached hydrogen (secondary N) is 1. The van der Waals surface area contributed by atoms with E-state index in [1.807, 2.05) is 35.0 Å². The lowest BCUT2D eigenvalue weighted by atomic mass is 10.2. The Balaban J connectivity index is 1.56. The zero-order valence-electron chi connectivity index (χ0n) is 14.8. The van der Waals surface area contributed by atoms with Gasteiger partial charge in [0.25, 0.3) is 5.91 Å². The number of amides is 1. The number of nitrogens with zero attached hydrogens (tertiary/aromatic N) is 3. The molecule has 0 radical (unpaired) electrons. The van der Waals surface area contributed by atoms with E-state index in [4.69, 9.17) is 11.6 Å². The van der Waals surface area contributed by atoms with E-state index in [0.29, 0.717) is 27.3 Å². The molecule has 1 aromatic carbocycles. The minimum Gasteiger partial charge on any atom is -0.307 e. The molecule has 2 aromatic heterocycles. The molecule has 138 valence electrons. The van der Waals surface area contributed by atoms with Crippen LogP contribution in [-0.4, -0.2) is 20.7 Å². The van der Waals surface area contributed by atoms with Gasteiger partial charge in [-0.3, -0.25) is 4.79 Å². The third kappa shape index (κ3) is 4.01. The van der Waals surface area contributed by atoms with Crippen molar-refractivity contribution in [3.8, 4) is 0 Å². The van der Waals surface area contributed by atoms with E-state index >= 15 is 0 Å². The summed E-state index contributed by atoms with van der Waals surface area (Å²) in [5.41, 5.74) is 0.509. The summed E-state index contributed by atoms with van der Waals surface area (Å²) in [6, 6.07) is 13.2. The van der Waals surface area contributed by atoms with E-state index in [1.165, 1.54) is 24.6 Å². The van der Waals surface area contributed by atoms with Gasteiger partial charge in [0.2, 0.25) is 0 Å². The summed E-state index contributed by atoms with van der Waals surface area (Å²) < 4.78 is 1.90. The van der Waals surface area contributed by atoms with Gasteiger partial charge in [0, 0.05) is 17.2 Å². The summed E-state index contributed by atoms with van der Waals surface area (Å²) in [6.07, 6.45) is 5.83. The summed E-state index contributed by atoms with van der Waals surface area (Å²) >= 11 is 7.63. The average molecular weight is 399 g/mol. The number of aromatic nitrogens is 3. The molecule has 0 bridgehead atoms. The van der Waals surface area contributed by atoms with Gasteiger partial charge in [0.05, 0.1) is 22.8 Å². The maximum Gasteiger partial charge on any atom is 0.259 e. The number of carbonyl (C=O) groups excluding carboxylic acids is 1. The maximum absolute atomic E-state index is 12.9. The first-order valence-corrected chi connectivity index (χ1v) is 10.0. The molecule has 0 aliphatic heterocycles. The predicted octanol–water partition coefficient (Wildman–Crippen LogP) is 5.31. The lowest BCUT2D eigenvalue weighted by molar-refractivity contribution is 0.102. The minimum atomic E-state index is -0.206. The maximum atomic E-state index is 12.9. The van der Waals surface area contributed by atoms with Crippen LogP contribution < -0.4 is 5.32 Å². The van der Waals surface area contributed by atoms with Crippen LogP contribution in [0.5, 0.6) is 0 Å². The second-order valence-corrected chi connectivity index (χ2v) is 8.02. The van der Waals surface area contributed by atoms with Crippen LogP contribution in [0.25, 0.3) is 0 Å². The van der Waals surface area contributed by atoms with Crippen molar-refractivity contribution in [3.05, 3.63) is 65.4 Å². The molecule has 1 atom stereocenters. The lowest BCUT2D eigenvalue weighted by Crippen LogP contribution is -2.19. The second kappa shape index (κ2) is 7.74. The van der Waals surface area contributed by atoms with Crippen LogP contribution in [0, 0.1) is 5.92 Å². The van der Waals surface area contributed by atoms with Crippen molar-refractivity contribution in [3.63, 3.8) is 0 Å². The van der Waals surface area contributed by atoms with Crippen LogP contribution in [0.1, 0.15) is 36.2 Å². The van der Waals surface area contributed by atoms with Crippen LogP contribution in [0.3, 0.4) is 0 Å². The molecule has 7 heteroatoms. The summed E-state index contributed by atoms with van der Waals surface area (Å²) in [4.78, 5) is 18.2. The van der Waals surface area contributed by atoms with Crippen molar-refractivity contribution < 1.29 is 4.79 Å². The van der Waals surface area contributed by atoms with Gasteiger partial charge < -0.3 is 5.32 Å². The van der Waals surface area contributed by atoms with Gasteiger partial charge in [-0.2, -0.15) is 5.10 Å². The number of hydrogen-bond acceptors (Lipinski definition) is 4. The molecule has 0 spiro atoms. The zero-order chi connectivity index (χ0) is 18.8. The standard InChI is InChI=1S/C20H19ClN4OS/c1-13(14-8-9-14)25-18(10-12-23-25)24-19(26)15-5-4-11-22-20(15)27-17-7-3-2-6-16(17)21/h2-7,10-14H,8-9H2,1H3,(H,24,26)/t13-/m0/s1. The van der Waals surface area contributed by atoms with Crippen LogP contribution in [-0.2, 0) is 0 Å². The summed E-state index contributed by atoms with van der Waals surface area (Å²) in [5, 5.41) is 8.63. The minimum absolute atomic E-state index is 0.206. The van der Waals surface area contributed by atoms with Crippen LogP contribution in [0.4, 0.5) is 5.82 Å². The first-order chi connectivity index (χ1) is 13.1. The van der Waals surface area contributed by atoms with Crippen molar-refractivity contribution in [2.45, 2.75) is 35.7 Å². The fourth-order valence-electron chi connectivity index (χ4n) is 2.98. The fraction of sp³-hybridized carbons (Fsp3) is 0.250. The van der Waals surface area contributed by atoms with Crippen molar-refractivity contribution in [2.24, 2.45) is 5.92 Å². The van der Waals surface area contributed by atoms with Crippen LogP contribution in [0.15, 0.2) is 64.8 Å². The third-order valence-electron chi connectivity index (χ3n) is 4.66. The molecule has 4 rings (SSSR count). The smallest absolute Gasteiger partial charge is 0.259 e. The topological polar surface area (TPSA) is 59.8 Å². The van der Waals surface area contributed by atoms with E-state index in [1.54, 1.807) is 24.5 Å². The fourth-order valence-corrected chi connectivity index (χ4v) is 4.13. The van der Waals surface area contributed by atoms with Crippen molar-refractivity contribution in [1.82, 2.24) is 14.8 Å². The first kappa shape index (κ1) is 18.1. The van der Waals surface area contributed by atoms with Crippen LogP contribution >= 0.6 is 23.4 Å². The number of rotatable bonds is 6. The molecule has 27 heavy (non-hydrogen) atoms. The Labute approximate surface area is 167 Å². The van der Waals surface area contributed by atoms with Crippen molar-refractivity contribution in [1.29, 1.82) is 0 Å². The number of carbonyl (C=O) groups is 1. The Morgan fingerprint density at radius 2 is 2.04 bits per heavy atom. The summed E-state index contributed by atoms with van der Waals surface area (Å²) in [7, 11) is 0. The molecule has 5 nitrogen and oxygen atoms in total. The van der Waals surface area contributed by atoms with E-state index in [9.17, 15) is 4.79 Å². The monoisotopic (exact) mass is 398 g/mol. The molecular formula is C20H19ClN4OS. The summed E-state index contributed by atoms with van der Waals surface area (Å²) in [6.45, 7) is 2.14. The number of benzene rings is 1. The van der Waals surface area contributed by atoms with E-state index in [2.05, 4.69) is 22.3 Å². The number of hydrogen-bond donors (Lipinski definition) is 1. The molecule has 1 aliphatic carbocycles. The van der Waals surface area contributed by atoms with E-state index < -0.39 is 0 Å². The average Bonchev–Trinajstić information content (AvgIpc) is 3.43. The van der Waals surface area contributed by atoms with Gasteiger partial charge in [-0.05, 0) is 49.9 Å². The second-order valence-electron chi connectivity index (χ2n) is 6.58. The Bertz CT molecular complexity index is 970. The summed E-state index contributed by atoms with van der Waals surface area (Å²) in [5.74, 6) is 1.14. The third-order valence-corrected chi connectivity index (χ3v) is 6.20. The Kier molecular flexibility index (Phi) is 5.18. The highest BCUT2D eigenvalue weighted by Gasteiger charge is 2.31.